The van der Waals surface area contributed by atoms with E-state index in [0.29, 0.717) is 11.3 Å². The Balaban J connectivity index is 2.07. The predicted molar refractivity (Wildman–Crippen MR) is 70.1 cm³/mol. The quantitative estimate of drug-likeness (QED) is 0.714. The maximum absolute atomic E-state index is 11.9. The van der Waals surface area contributed by atoms with Gasteiger partial charge in [-0.3, -0.25) is 4.79 Å². The SMILES string of the molecule is N#Cc1ccc(C(=O)NC(Cc2cnc[nH]2)C(=O)O)nc1. The Kier molecular flexibility index (Phi) is 4.26. The molecule has 0 spiro atoms. The molecule has 0 saturated carbocycles. The van der Waals surface area contributed by atoms with Crippen molar-refractivity contribution >= 4 is 11.9 Å². The molecule has 2 rings (SSSR count). The number of rotatable bonds is 5. The summed E-state index contributed by atoms with van der Waals surface area (Å²) in [6.45, 7) is 0. The molecule has 0 aliphatic carbocycles. The number of nitriles is 1. The van der Waals surface area contributed by atoms with Crippen LogP contribution in [0.5, 0.6) is 0 Å². The Labute approximate surface area is 119 Å². The second-order valence-electron chi connectivity index (χ2n) is 4.19. The van der Waals surface area contributed by atoms with Crippen molar-refractivity contribution in [3.8, 4) is 6.07 Å². The van der Waals surface area contributed by atoms with Crippen LogP contribution in [0.15, 0.2) is 30.9 Å². The van der Waals surface area contributed by atoms with E-state index in [0.717, 1.165) is 0 Å². The summed E-state index contributed by atoms with van der Waals surface area (Å²) in [6, 6.07) is 3.58. The molecular formula is C13H11N5O3. The number of aliphatic carboxylic acids is 1. The summed E-state index contributed by atoms with van der Waals surface area (Å²) in [4.78, 5) is 33.5. The third-order valence-corrected chi connectivity index (χ3v) is 2.71. The summed E-state index contributed by atoms with van der Waals surface area (Å²) >= 11 is 0. The normalized spacial score (nSPS) is 11.4. The molecule has 1 unspecified atom stereocenters. The van der Waals surface area contributed by atoms with Gasteiger partial charge in [0, 0.05) is 24.5 Å². The van der Waals surface area contributed by atoms with Crippen molar-refractivity contribution in [1.29, 1.82) is 5.26 Å². The van der Waals surface area contributed by atoms with Gasteiger partial charge in [-0.1, -0.05) is 0 Å². The molecule has 2 heterocycles. The van der Waals surface area contributed by atoms with Crippen molar-refractivity contribution in [3.05, 3.63) is 47.8 Å². The molecule has 0 aliphatic heterocycles. The third-order valence-electron chi connectivity index (χ3n) is 2.71. The number of aromatic amines is 1. The molecule has 0 aromatic carbocycles. The fourth-order valence-corrected chi connectivity index (χ4v) is 1.64. The van der Waals surface area contributed by atoms with Crippen LogP contribution in [0.1, 0.15) is 21.7 Å². The van der Waals surface area contributed by atoms with E-state index in [1.54, 1.807) is 0 Å². The van der Waals surface area contributed by atoms with E-state index in [9.17, 15) is 9.59 Å². The number of amides is 1. The number of pyridine rings is 1. The molecule has 2 aromatic rings. The summed E-state index contributed by atoms with van der Waals surface area (Å²) in [5.41, 5.74) is 0.958. The van der Waals surface area contributed by atoms with E-state index in [1.807, 2.05) is 6.07 Å². The minimum atomic E-state index is -1.16. The van der Waals surface area contributed by atoms with Crippen LogP contribution in [0.2, 0.25) is 0 Å². The fourth-order valence-electron chi connectivity index (χ4n) is 1.64. The van der Waals surface area contributed by atoms with Crippen LogP contribution < -0.4 is 5.32 Å². The number of carbonyl (C=O) groups is 2. The Morgan fingerprint density at radius 3 is 2.76 bits per heavy atom. The molecule has 21 heavy (non-hydrogen) atoms. The number of hydrogen-bond acceptors (Lipinski definition) is 5. The second-order valence-corrected chi connectivity index (χ2v) is 4.19. The minimum Gasteiger partial charge on any atom is -0.480 e. The number of aromatic nitrogens is 3. The van der Waals surface area contributed by atoms with E-state index in [2.05, 4.69) is 20.3 Å². The average molecular weight is 285 g/mol. The number of imidazole rings is 1. The van der Waals surface area contributed by atoms with Gasteiger partial charge in [-0.25, -0.2) is 14.8 Å². The van der Waals surface area contributed by atoms with Gasteiger partial charge in [0.15, 0.2) is 0 Å². The van der Waals surface area contributed by atoms with E-state index in [1.165, 1.54) is 30.9 Å². The molecule has 0 radical (unpaired) electrons. The fraction of sp³-hybridized carbons (Fsp3) is 0.154. The summed E-state index contributed by atoms with van der Waals surface area (Å²) in [7, 11) is 0. The van der Waals surface area contributed by atoms with Gasteiger partial charge in [0.1, 0.15) is 17.8 Å². The number of nitrogens with zero attached hydrogens (tertiary/aromatic N) is 3. The smallest absolute Gasteiger partial charge is 0.326 e. The van der Waals surface area contributed by atoms with Crippen molar-refractivity contribution < 1.29 is 14.7 Å². The number of carboxylic acid groups (broad SMARTS) is 1. The molecule has 1 amide bonds. The predicted octanol–water partition coefficient (Wildman–Crippen LogP) is 0.102. The zero-order chi connectivity index (χ0) is 15.2. The summed E-state index contributed by atoms with van der Waals surface area (Å²) < 4.78 is 0. The first-order chi connectivity index (χ1) is 10.1. The number of carbonyl (C=O) groups excluding carboxylic acids is 1. The minimum absolute atomic E-state index is 0.0462. The summed E-state index contributed by atoms with van der Waals surface area (Å²) in [5, 5.41) is 20.2. The van der Waals surface area contributed by atoms with Gasteiger partial charge in [0.2, 0.25) is 0 Å². The Morgan fingerprint density at radius 1 is 1.43 bits per heavy atom. The standard InChI is InChI=1S/C13H11N5O3/c14-4-8-1-2-10(16-5-8)12(19)18-11(13(20)21)3-9-6-15-7-17-9/h1-2,5-7,11H,3H2,(H,15,17)(H,18,19)(H,20,21). The zero-order valence-electron chi connectivity index (χ0n) is 10.8. The van der Waals surface area contributed by atoms with Gasteiger partial charge < -0.3 is 15.4 Å². The highest BCUT2D eigenvalue weighted by molar-refractivity contribution is 5.95. The highest BCUT2D eigenvalue weighted by Crippen LogP contribution is 2.02. The van der Waals surface area contributed by atoms with Crippen LogP contribution >= 0.6 is 0 Å². The van der Waals surface area contributed by atoms with Crippen LogP contribution in [0.3, 0.4) is 0 Å². The first-order valence-electron chi connectivity index (χ1n) is 5.97. The van der Waals surface area contributed by atoms with Crippen LogP contribution in [0, 0.1) is 11.3 Å². The largest absolute Gasteiger partial charge is 0.480 e. The van der Waals surface area contributed by atoms with Gasteiger partial charge in [0.25, 0.3) is 5.91 Å². The highest BCUT2D eigenvalue weighted by atomic mass is 16.4. The molecule has 8 nitrogen and oxygen atoms in total. The summed E-state index contributed by atoms with van der Waals surface area (Å²) in [6.07, 6.45) is 4.25. The van der Waals surface area contributed by atoms with E-state index in [-0.39, 0.29) is 12.1 Å². The number of hydrogen-bond donors (Lipinski definition) is 3. The first kappa shape index (κ1) is 14.2. The topological polar surface area (TPSA) is 132 Å². The van der Waals surface area contributed by atoms with Gasteiger partial charge >= 0.3 is 5.97 Å². The Hall–Kier alpha value is -3.21. The van der Waals surface area contributed by atoms with Crippen molar-refractivity contribution in [2.75, 3.05) is 0 Å². The molecule has 106 valence electrons. The Morgan fingerprint density at radius 2 is 2.24 bits per heavy atom. The second kappa shape index (κ2) is 6.29. The number of H-pyrrole nitrogens is 1. The van der Waals surface area contributed by atoms with Gasteiger partial charge in [-0.15, -0.1) is 0 Å². The molecule has 0 bridgehead atoms. The monoisotopic (exact) mass is 285 g/mol. The van der Waals surface area contributed by atoms with Crippen molar-refractivity contribution in [3.63, 3.8) is 0 Å². The summed E-state index contributed by atoms with van der Waals surface area (Å²) in [5.74, 6) is -1.78. The highest BCUT2D eigenvalue weighted by Gasteiger charge is 2.22. The van der Waals surface area contributed by atoms with E-state index < -0.39 is 17.9 Å². The number of nitrogens with one attached hydrogen (secondary N) is 2. The Bertz CT molecular complexity index is 673. The third kappa shape index (κ3) is 3.63. The lowest BCUT2D eigenvalue weighted by atomic mass is 10.1. The van der Waals surface area contributed by atoms with Gasteiger partial charge in [0.05, 0.1) is 11.9 Å². The van der Waals surface area contributed by atoms with Crippen molar-refractivity contribution in [1.82, 2.24) is 20.3 Å². The first-order valence-corrected chi connectivity index (χ1v) is 5.97. The maximum atomic E-state index is 11.9. The van der Waals surface area contributed by atoms with Gasteiger partial charge in [-0.05, 0) is 12.1 Å². The van der Waals surface area contributed by atoms with Crippen molar-refractivity contribution in [2.24, 2.45) is 0 Å². The molecule has 2 aromatic heterocycles. The molecule has 3 N–H and O–H groups in total. The maximum Gasteiger partial charge on any atom is 0.326 e. The zero-order valence-corrected chi connectivity index (χ0v) is 10.8. The molecule has 0 aliphatic rings. The lowest BCUT2D eigenvalue weighted by molar-refractivity contribution is -0.139. The lowest BCUT2D eigenvalue weighted by Gasteiger charge is -2.13. The molecule has 0 fully saturated rings. The molecule has 8 heteroatoms. The lowest BCUT2D eigenvalue weighted by Crippen LogP contribution is -2.42. The average Bonchev–Trinajstić information content (AvgIpc) is 2.99. The van der Waals surface area contributed by atoms with Gasteiger partial charge in [-0.2, -0.15) is 5.26 Å². The van der Waals surface area contributed by atoms with Crippen molar-refractivity contribution in [2.45, 2.75) is 12.5 Å². The molecular weight excluding hydrogens is 274 g/mol. The van der Waals surface area contributed by atoms with Crippen LogP contribution in [0.25, 0.3) is 0 Å². The van der Waals surface area contributed by atoms with E-state index in [4.69, 9.17) is 10.4 Å². The van der Waals surface area contributed by atoms with Crippen LogP contribution in [0.4, 0.5) is 0 Å². The molecule has 1 atom stereocenters. The molecule has 0 saturated heterocycles. The van der Waals surface area contributed by atoms with Crippen LogP contribution in [-0.2, 0) is 11.2 Å². The van der Waals surface area contributed by atoms with E-state index >= 15 is 0 Å². The number of carboxylic acids is 1. The van der Waals surface area contributed by atoms with Crippen LogP contribution in [-0.4, -0.2) is 38.0 Å².